The van der Waals surface area contributed by atoms with Gasteiger partial charge in [0.2, 0.25) is 0 Å². The minimum absolute atomic E-state index is 0.244. The number of ether oxygens (including phenoxy) is 1. The second-order valence-electron chi connectivity index (χ2n) is 6.75. The van der Waals surface area contributed by atoms with Crippen molar-refractivity contribution < 1.29 is 19.1 Å². The predicted molar refractivity (Wildman–Crippen MR) is 109 cm³/mol. The van der Waals surface area contributed by atoms with Gasteiger partial charge in [-0.1, -0.05) is 16.8 Å². The van der Waals surface area contributed by atoms with Crippen LogP contribution in [0.15, 0.2) is 48.7 Å². The Balaban J connectivity index is 1.30. The average molecular weight is 425 g/mol. The van der Waals surface area contributed by atoms with Gasteiger partial charge < -0.3 is 9.64 Å². The first-order valence-corrected chi connectivity index (χ1v) is 9.66. The number of carbonyl (C=O) groups excluding carboxylic acids is 3. The fourth-order valence-corrected chi connectivity index (χ4v) is 3.37. The third-order valence-corrected chi connectivity index (χ3v) is 4.93. The summed E-state index contributed by atoms with van der Waals surface area (Å²) in [4.78, 5) is 36.5. The number of aldehydes is 1. The number of halogens is 1. The lowest BCUT2D eigenvalue weighted by Gasteiger charge is -2.16. The Morgan fingerprint density at radius 2 is 1.87 bits per heavy atom. The number of aromatic nitrogens is 3. The van der Waals surface area contributed by atoms with Gasteiger partial charge in [0.25, 0.3) is 11.7 Å². The van der Waals surface area contributed by atoms with Crippen LogP contribution in [0.4, 0.5) is 5.69 Å². The molecule has 0 atom stereocenters. The Kier molecular flexibility index (Phi) is 5.58. The third-order valence-electron chi connectivity index (χ3n) is 4.69. The first-order chi connectivity index (χ1) is 14.5. The lowest BCUT2D eigenvalue weighted by Crippen LogP contribution is -2.31. The summed E-state index contributed by atoms with van der Waals surface area (Å²) in [5.74, 6) is -0.444. The number of nitrogens with zero attached hydrogens (tertiary/aromatic N) is 4. The summed E-state index contributed by atoms with van der Waals surface area (Å²) in [6.07, 6.45) is 3.14. The highest BCUT2D eigenvalue weighted by Crippen LogP contribution is 2.31. The first-order valence-electron chi connectivity index (χ1n) is 9.28. The van der Waals surface area contributed by atoms with Crippen LogP contribution in [-0.2, 0) is 17.9 Å². The molecule has 0 unspecified atom stereocenters. The largest absolute Gasteiger partial charge is 0.487 e. The van der Waals surface area contributed by atoms with Crippen molar-refractivity contribution in [3.05, 3.63) is 70.5 Å². The van der Waals surface area contributed by atoms with Crippen LogP contribution < -0.4 is 9.64 Å². The van der Waals surface area contributed by atoms with E-state index in [0.717, 1.165) is 6.29 Å². The van der Waals surface area contributed by atoms with Crippen LogP contribution in [0, 0.1) is 0 Å². The molecular formula is C21H17ClN4O4. The van der Waals surface area contributed by atoms with Crippen molar-refractivity contribution in [2.45, 2.75) is 19.6 Å². The molecule has 152 valence electrons. The van der Waals surface area contributed by atoms with Crippen LogP contribution in [0.1, 0.15) is 32.8 Å². The Labute approximate surface area is 177 Å². The number of fused-ring (bicyclic) bond motifs is 1. The summed E-state index contributed by atoms with van der Waals surface area (Å²) in [5, 5.41) is 8.56. The molecule has 1 amide bonds. The SMILES string of the molecule is O=Cc1ccc(OCc2cn(CCCN3C(=O)C(=O)c4cc(Cl)ccc43)nn2)cc1. The molecule has 0 N–H and O–H groups in total. The molecule has 1 aliphatic heterocycles. The second-order valence-corrected chi connectivity index (χ2v) is 7.19. The van der Waals surface area contributed by atoms with Crippen molar-refractivity contribution in [3.8, 4) is 5.75 Å². The van der Waals surface area contributed by atoms with Gasteiger partial charge in [0.05, 0.1) is 17.4 Å². The maximum atomic E-state index is 12.2. The smallest absolute Gasteiger partial charge is 0.299 e. The molecule has 2 heterocycles. The highest BCUT2D eigenvalue weighted by molar-refractivity contribution is 6.52. The number of hydrogen-bond donors (Lipinski definition) is 0. The summed E-state index contributed by atoms with van der Waals surface area (Å²) < 4.78 is 7.30. The molecule has 2 aromatic carbocycles. The van der Waals surface area contributed by atoms with Gasteiger partial charge in [-0.25, -0.2) is 0 Å². The molecular weight excluding hydrogens is 408 g/mol. The summed E-state index contributed by atoms with van der Waals surface area (Å²) >= 11 is 5.92. The number of ketones is 1. The van der Waals surface area contributed by atoms with Gasteiger partial charge in [0.15, 0.2) is 0 Å². The molecule has 0 aliphatic carbocycles. The van der Waals surface area contributed by atoms with Crippen molar-refractivity contribution in [1.29, 1.82) is 0 Å². The zero-order valence-electron chi connectivity index (χ0n) is 15.8. The molecule has 4 rings (SSSR count). The summed E-state index contributed by atoms with van der Waals surface area (Å²) in [7, 11) is 0. The van der Waals surface area contributed by atoms with Crippen molar-refractivity contribution in [3.63, 3.8) is 0 Å². The van der Waals surface area contributed by atoms with E-state index in [4.69, 9.17) is 16.3 Å². The summed E-state index contributed by atoms with van der Waals surface area (Å²) in [5.41, 5.74) is 2.16. The quantitative estimate of drug-likeness (QED) is 0.407. The van der Waals surface area contributed by atoms with E-state index in [0.29, 0.717) is 52.8 Å². The number of hydrogen-bond acceptors (Lipinski definition) is 6. The topological polar surface area (TPSA) is 94.4 Å². The van der Waals surface area contributed by atoms with Crippen molar-refractivity contribution >= 4 is 35.3 Å². The molecule has 3 aromatic rings. The number of anilines is 1. The summed E-state index contributed by atoms with van der Waals surface area (Å²) in [6, 6.07) is 11.7. The van der Waals surface area contributed by atoms with E-state index in [9.17, 15) is 14.4 Å². The molecule has 1 aliphatic rings. The lowest BCUT2D eigenvalue weighted by atomic mass is 10.1. The number of Topliss-reactive ketones (excluding diaryl/α,β-unsaturated/α-hetero) is 1. The molecule has 0 spiro atoms. The molecule has 0 saturated heterocycles. The predicted octanol–water partition coefficient (Wildman–Crippen LogP) is 2.94. The van der Waals surface area contributed by atoms with Crippen molar-refractivity contribution in [2.24, 2.45) is 0 Å². The van der Waals surface area contributed by atoms with Gasteiger partial charge in [-0.2, -0.15) is 0 Å². The Morgan fingerprint density at radius 3 is 2.63 bits per heavy atom. The average Bonchev–Trinajstić information content (AvgIpc) is 3.31. The Morgan fingerprint density at radius 1 is 1.07 bits per heavy atom. The molecule has 9 heteroatoms. The fourth-order valence-electron chi connectivity index (χ4n) is 3.20. The number of benzene rings is 2. The van der Waals surface area contributed by atoms with Gasteiger partial charge in [-0.05, 0) is 48.9 Å². The normalized spacial score (nSPS) is 12.9. The number of amides is 1. The monoisotopic (exact) mass is 424 g/mol. The van der Waals surface area contributed by atoms with E-state index in [2.05, 4.69) is 10.3 Å². The molecule has 0 saturated carbocycles. The maximum absolute atomic E-state index is 12.2. The van der Waals surface area contributed by atoms with Crippen LogP contribution >= 0.6 is 11.6 Å². The van der Waals surface area contributed by atoms with Crippen LogP contribution in [-0.4, -0.2) is 39.5 Å². The maximum Gasteiger partial charge on any atom is 0.299 e. The van der Waals surface area contributed by atoms with Crippen LogP contribution in [0.5, 0.6) is 5.75 Å². The van der Waals surface area contributed by atoms with Crippen LogP contribution in [0.25, 0.3) is 0 Å². The highest BCUT2D eigenvalue weighted by Gasteiger charge is 2.35. The minimum atomic E-state index is -0.541. The van der Waals surface area contributed by atoms with Gasteiger partial charge in [0.1, 0.15) is 24.3 Å². The van der Waals surface area contributed by atoms with E-state index in [1.807, 2.05) is 0 Å². The standard InChI is InChI=1S/C21H17ClN4O4/c22-15-4-7-19-18(10-15)20(28)21(29)26(19)9-1-8-25-11-16(23-24-25)13-30-17-5-2-14(12-27)3-6-17/h2-7,10-12H,1,8-9,13H2. The zero-order valence-corrected chi connectivity index (χ0v) is 16.6. The second kappa shape index (κ2) is 8.46. The van der Waals surface area contributed by atoms with Crippen LogP contribution in [0.3, 0.4) is 0 Å². The molecule has 1 aromatic heterocycles. The molecule has 0 bridgehead atoms. The van der Waals surface area contributed by atoms with E-state index in [1.165, 1.54) is 11.0 Å². The number of rotatable bonds is 8. The van der Waals surface area contributed by atoms with Crippen LogP contribution in [0.2, 0.25) is 5.02 Å². The fraction of sp³-hybridized carbons (Fsp3) is 0.190. The van der Waals surface area contributed by atoms with E-state index in [-0.39, 0.29) is 6.61 Å². The van der Waals surface area contributed by atoms with Gasteiger partial charge in [-0.15, -0.1) is 5.10 Å². The minimum Gasteiger partial charge on any atom is -0.487 e. The van der Waals surface area contributed by atoms with Crippen molar-refractivity contribution in [1.82, 2.24) is 15.0 Å². The first kappa shape index (κ1) is 19.8. The lowest BCUT2D eigenvalue weighted by molar-refractivity contribution is -0.114. The van der Waals surface area contributed by atoms with Gasteiger partial charge in [0, 0.05) is 23.7 Å². The zero-order chi connectivity index (χ0) is 21.1. The molecule has 30 heavy (non-hydrogen) atoms. The van der Waals surface area contributed by atoms with E-state index < -0.39 is 11.7 Å². The van der Waals surface area contributed by atoms with Crippen molar-refractivity contribution in [2.75, 3.05) is 11.4 Å². The Bertz CT molecular complexity index is 1110. The van der Waals surface area contributed by atoms with E-state index >= 15 is 0 Å². The third kappa shape index (κ3) is 4.08. The van der Waals surface area contributed by atoms with E-state index in [1.54, 1.807) is 47.3 Å². The number of aryl methyl sites for hydroxylation is 1. The van der Waals surface area contributed by atoms with Gasteiger partial charge in [-0.3, -0.25) is 19.1 Å². The molecule has 0 radical (unpaired) electrons. The number of carbonyl (C=O) groups is 3. The molecule has 8 nitrogen and oxygen atoms in total. The molecule has 0 fully saturated rings. The van der Waals surface area contributed by atoms with Gasteiger partial charge >= 0.3 is 0 Å². The Hall–Kier alpha value is -3.52. The highest BCUT2D eigenvalue weighted by atomic mass is 35.5. The summed E-state index contributed by atoms with van der Waals surface area (Å²) in [6.45, 7) is 1.16.